The lowest BCUT2D eigenvalue weighted by Gasteiger charge is -2.28. The van der Waals surface area contributed by atoms with Gasteiger partial charge in [0.1, 0.15) is 0 Å². The quantitative estimate of drug-likeness (QED) is 0.761. The summed E-state index contributed by atoms with van der Waals surface area (Å²) in [7, 11) is 0. The Morgan fingerprint density at radius 2 is 2.47 bits per heavy atom. The van der Waals surface area contributed by atoms with Crippen LogP contribution in [0, 0.1) is 0 Å². The lowest BCUT2D eigenvalue weighted by Crippen LogP contribution is -2.33. The van der Waals surface area contributed by atoms with Gasteiger partial charge in [-0.15, -0.1) is 0 Å². The smallest absolute Gasteiger partial charge is 0.405 e. The Morgan fingerprint density at radius 3 is 3.00 bits per heavy atom. The summed E-state index contributed by atoms with van der Waals surface area (Å²) in [5, 5.41) is 0. The molecule has 1 aliphatic rings. The first kappa shape index (κ1) is 9.51. The van der Waals surface area contributed by atoms with Gasteiger partial charge in [-0.25, -0.2) is 9.78 Å². The first-order valence-corrected chi connectivity index (χ1v) is 4.55. The molecule has 3 N–H and O–H groups in total. The third kappa shape index (κ3) is 1.76. The highest BCUT2D eigenvalue weighted by Gasteiger charge is 2.34. The van der Waals surface area contributed by atoms with E-state index in [0.717, 1.165) is 0 Å². The largest absolute Gasteiger partial charge is 0.432 e. The number of carbonyl (C=O) groups excluding carboxylic acids is 1. The number of primary amides is 1. The molecule has 0 aromatic carbocycles. The van der Waals surface area contributed by atoms with E-state index in [9.17, 15) is 4.79 Å². The molecule has 78 valence electrons. The standard InChI is InChI=1S/C10H11N3O2/c11-9(14)15-10(4-2-1-3-5-10)8-6-12-7-13-8/h1-4,6-7H,5H2,(H2,11,14)(H,12,13). The molecule has 0 saturated heterocycles. The number of nitrogens with two attached hydrogens (primary N) is 1. The minimum Gasteiger partial charge on any atom is -0.432 e. The van der Waals surface area contributed by atoms with E-state index in [-0.39, 0.29) is 0 Å². The third-order valence-corrected chi connectivity index (χ3v) is 2.27. The van der Waals surface area contributed by atoms with Crippen LogP contribution in [0.3, 0.4) is 0 Å². The summed E-state index contributed by atoms with van der Waals surface area (Å²) in [5.74, 6) is 0. The van der Waals surface area contributed by atoms with Crippen LogP contribution in [-0.2, 0) is 10.3 Å². The van der Waals surface area contributed by atoms with E-state index in [1.54, 1.807) is 12.3 Å². The highest BCUT2D eigenvalue weighted by molar-refractivity contribution is 5.66. The maximum absolute atomic E-state index is 10.9. The van der Waals surface area contributed by atoms with Gasteiger partial charge in [0.25, 0.3) is 0 Å². The van der Waals surface area contributed by atoms with Crippen LogP contribution in [0.5, 0.6) is 0 Å². The first-order chi connectivity index (χ1) is 7.23. The number of ether oxygens (including phenoxy) is 1. The van der Waals surface area contributed by atoms with Gasteiger partial charge in [0.05, 0.1) is 18.2 Å². The molecule has 0 fully saturated rings. The highest BCUT2D eigenvalue weighted by Crippen LogP contribution is 2.32. The zero-order valence-corrected chi connectivity index (χ0v) is 8.01. The minimum absolute atomic E-state index is 0.550. The van der Waals surface area contributed by atoms with E-state index in [0.29, 0.717) is 12.1 Å². The zero-order valence-electron chi connectivity index (χ0n) is 8.01. The van der Waals surface area contributed by atoms with Crippen molar-refractivity contribution >= 4 is 6.09 Å². The van der Waals surface area contributed by atoms with Gasteiger partial charge in [-0.1, -0.05) is 18.2 Å². The normalized spacial score (nSPS) is 24.0. The molecule has 2 rings (SSSR count). The van der Waals surface area contributed by atoms with Crippen molar-refractivity contribution in [1.29, 1.82) is 0 Å². The lowest BCUT2D eigenvalue weighted by molar-refractivity contribution is 0.0497. The Hall–Kier alpha value is -2.04. The van der Waals surface area contributed by atoms with Gasteiger partial charge >= 0.3 is 6.09 Å². The predicted molar refractivity (Wildman–Crippen MR) is 53.8 cm³/mol. The zero-order chi connectivity index (χ0) is 10.7. The van der Waals surface area contributed by atoms with Gasteiger partial charge in [0.15, 0.2) is 5.60 Å². The number of imidazole rings is 1. The molecule has 1 atom stereocenters. The second kappa shape index (κ2) is 3.61. The fourth-order valence-corrected chi connectivity index (χ4v) is 1.60. The molecule has 1 aliphatic carbocycles. The van der Waals surface area contributed by atoms with Crippen molar-refractivity contribution in [2.75, 3.05) is 0 Å². The molecule has 0 aliphatic heterocycles. The Balaban J connectivity index is 2.35. The fourth-order valence-electron chi connectivity index (χ4n) is 1.60. The van der Waals surface area contributed by atoms with Crippen LogP contribution in [0.15, 0.2) is 36.8 Å². The molecular weight excluding hydrogens is 194 g/mol. The van der Waals surface area contributed by atoms with Crippen molar-refractivity contribution in [2.24, 2.45) is 5.73 Å². The molecular formula is C10H11N3O2. The van der Waals surface area contributed by atoms with Crippen molar-refractivity contribution in [3.05, 3.63) is 42.5 Å². The van der Waals surface area contributed by atoms with Gasteiger partial charge in [-0.05, 0) is 6.08 Å². The van der Waals surface area contributed by atoms with Gasteiger partial charge in [-0.3, -0.25) is 0 Å². The summed E-state index contributed by atoms with van der Waals surface area (Å²) in [4.78, 5) is 17.7. The number of allylic oxidation sites excluding steroid dienone is 2. The number of amides is 1. The number of rotatable bonds is 2. The fraction of sp³-hybridized carbons (Fsp3) is 0.200. The van der Waals surface area contributed by atoms with Crippen molar-refractivity contribution < 1.29 is 9.53 Å². The summed E-state index contributed by atoms with van der Waals surface area (Å²) in [6.07, 6.45) is 10.3. The average Bonchev–Trinajstić information content (AvgIpc) is 2.71. The number of hydrogen-bond acceptors (Lipinski definition) is 3. The molecule has 0 radical (unpaired) electrons. The molecule has 15 heavy (non-hydrogen) atoms. The van der Waals surface area contributed by atoms with Gasteiger partial charge < -0.3 is 15.5 Å². The number of aromatic amines is 1. The van der Waals surface area contributed by atoms with E-state index >= 15 is 0 Å². The molecule has 1 amide bonds. The Bertz CT molecular complexity index is 408. The third-order valence-electron chi connectivity index (χ3n) is 2.27. The molecule has 0 bridgehead atoms. The van der Waals surface area contributed by atoms with Crippen molar-refractivity contribution in [2.45, 2.75) is 12.0 Å². The minimum atomic E-state index is -0.836. The number of nitrogens with one attached hydrogen (secondary N) is 1. The van der Waals surface area contributed by atoms with Crippen LogP contribution in [-0.4, -0.2) is 16.1 Å². The molecule has 5 nitrogen and oxygen atoms in total. The van der Waals surface area contributed by atoms with Crippen molar-refractivity contribution in [3.63, 3.8) is 0 Å². The van der Waals surface area contributed by atoms with E-state index in [2.05, 4.69) is 9.97 Å². The second-order valence-corrected chi connectivity index (χ2v) is 3.27. The summed E-state index contributed by atoms with van der Waals surface area (Å²) in [6, 6.07) is 0. The summed E-state index contributed by atoms with van der Waals surface area (Å²) in [6.45, 7) is 0. The molecule has 5 heteroatoms. The Morgan fingerprint density at radius 1 is 1.60 bits per heavy atom. The SMILES string of the molecule is NC(=O)OC1(c2cnc[nH]2)C=CC=CC1. The topological polar surface area (TPSA) is 81.0 Å². The number of aromatic nitrogens is 2. The van der Waals surface area contributed by atoms with Crippen LogP contribution in [0.1, 0.15) is 12.1 Å². The summed E-state index contributed by atoms with van der Waals surface area (Å²) in [5.41, 5.74) is 4.94. The highest BCUT2D eigenvalue weighted by atomic mass is 16.6. The molecule has 0 saturated carbocycles. The van der Waals surface area contributed by atoms with E-state index in [1.807, 2.05) is 18.2 Å². The maximum atomic E-state index is 10.9. The van der Waals surface area contributed by atoms with E-state index < -0.39 is 11.7 Å². The Kier molecular flexibility index (Phi) is 2.29. The first-order valence-electron chi connectivity index (χ1n) is 4.55. The summed E-state index contributed by atoms with van der Waals surface area (Å²) < 4.78 is 5.15. The predicted octanol–water partition coefficient (Wildman–Crippen LogP) is 1.22. The lowest BCUT2D eigenvalue weighted by atomic mass is 9.92. The molecule has 1 aromatic rings. The summed E-state index contributed by atoms with van der Waals surface area (Å²) >= 11 is 0. The van der Waals surface area contributed by atoms with E-state index in [4.69, 9.17) is 10.5 Å². The van der Waals surface area contributed by atoms with Crippen LogP contribution in [0.2, 0.25) is 0 Å². The number of carbonyl (C=O) groups is 1. The van der Waals surface area contributed by atoms with Gasteiger partial charge in [-0.2, -0.15) is 0 Å². The van der Waals surface area contributed by atoms with Gasteiger partial charge in [0, 0.05) is 6.42 Å². The average molecular weight is 205 g/mol. The molecule has 1 aromatic heterocycles. The van der Waals surface area contributed by atoms with Crippen molar-refractivity contribution in [3.8, 4) is 0 Å². The molecule has 0 spiro atoms. The van der Waals surface area contributed by atoms with E-state index in [1.165, 1.54) is 6.33 Å². The van der Waals surface area contributed by atoms with Crippen LogP contribution < -0.4 is 5.73 Å². The molecule has 1 unspecified atom stereocenters. The number of hydrogen-bond donors (Lipinski definition) is 2. The van der Waals surface area contributed by atoms with Crippen molar-refractivity contribution in [1.82, 2.24) is 9.97 Å². The second-order valence-electron chi connectivity index (χ2n) is 3.27. The van der Waals surface area contributed by atoms with Crippen LogP contribution >= 0.6 is 0 Å². The Labute approximate surface area is 86.6 Å². The maximum Gasteiger partial charge on any atom is 0.405 e. The van der Waals surface area contributed by atoms with Crippen LogP contribution in [0.4, 0.5) is 4.79 Å². The monoisotopic (exact) mass is 205 g/mol. The number of H-pyrrole nitrogens is 1. The van der Waals surface area contributed by atoms with Gasteiger partial charge in [0.2, 0.25) is 0 Å². The van der Waals surface area contributed by atoms with Crippen LogP contribution in [0.25, 0.3) is 0 Å². The number of nitrogens with zero attached hydrogens (tertiary/aromatic N) is 1. The molecule has 1 heterocycles.